The first-order valence-electron chi connectivity index (χ1n) is 8.87. The van der Waals surface area contributed by atoms with E-state index in [1.165, 1.54) is 15.9 Å². The van der Waals surface area contributed by atoms with Gasteiger partial charge in [-0.1, -0.05) is 6.92 Å². The summed E-state index contributed by atoms with van der Waals surface area (Å²) in [5.41, 5.74) is 5.27. The fourth-order valence-corrected chi connectivity index (χ4v) is 4.23. The predicted molar refractivity (Wildman–Crippen MR) is 99.9 cm³/mol. The molecule has 1 fully saturated rings. The van der Waals surface area contributed by atoms with Crippen molar-refractivity contribution in [3.63, 3.8) is 0 Å². The second-order valence-corrected chi connectivity index (χ2v) is 7.42. The van der Waals surface area contributed by atoms with Crippen LogP contribution in [0.3, 0.4) is 0 Å². The first-order chi connectivity index (χ1) is 12.6. The summed E-state index contributed by atoms with van der Waals surface area (Å²) in [5.74, 6) is 0.143. The van der Waals surface area contributed by atoms with Crippen molar-refractivity contribution in [2.75, 3.05) is 13.1 Å². The van der Waals surface area contributed by atoms with Crippen molar-refractivity contribution in [2.24, 2.45) is 0 Å². The van der Waals surface area contributed by atoms with Gasteiger partial charge < -0.3 is 4.90 Å². The lowest BCUT2D eigenvalue weighted by Crippen LogP contribution is -2.39. The highest BCUT2D eigenvalue weighted by Crippen LogP contribution is 2.27. The maximum atomic E-state index is 12.6. The smallest absolute Gasteiger partial charge is 0.276 e. The van der Waals surface area contributed by atoms with Crippen LogP contribution in [-0.2, 0) is 6.42 Å². The topological polar surface area (TPSA) is 83.4 Å². The third-order valence-corrected chi connectivity index (χ3v) is 5.67. The molecule has 1 atom stereocenters. The molecule has 0 spiro atoms. The zero-order valence-corrected chi connectivity index (χ0v) is 15.7. The lowest BCUT2D eigenvalue weighted by molar-refractivity contribution is 0.0700. The van der Waals surface area contributed by atoms with Gasteiger partial charge in [-0.25, -0.2) is 14.5 Å². The number of thiazole rings is 1. The van der Waals surface area contributed by atoms with Gasteiger partial charge in [-0.05, 0) is 26.2 Å². The minimum absolute atomic E-state index is 0.0218. The van der Waals surface area contributed by atoms with Crippen LogP contribution in [0.25, 0.3) is 5.65 Å². The quantitative estimate of drug-likeness (QED) is 0.766. The van der Waals surface area contributed by atoms with Crippen molar-refractivity contribution >= 4 is 22.9 Å². The fourth-order valence-electron chi connectivity index (χ4n) is 3.70. The molecule has 1 aliphatic rings. The van der Waals surface area contributed by atoms with Crippen molar-refractivity contribution in [2.45, 2.75) is 39.0 Å². The zero-order valence-electron chi connectivity index (χ0n) is 14.9. The largest absolute Gasteiger partial charge is 0.337 e. The number of aryl methyl sites for hydroxylation is 1. The molecule has 7 nitrogen and oxygen atoms in total. The summed E-state index contributed by atoms with van der Waals surface area (Å²) in [6.45, 7) is 5.20. The Bertz CT molecular complexity index is 1000. The maximum Gasteiger partial charge on any atom is 0.276 e. The molecule has 3 aromatic heterocycles. The summed E-state index contributed by atoms with van der Waals surface area (Å²) in [6, 6.07) is 1.94. The van der Waals surface area contributed by atoms with E-state index < -0.39 is 0 Å². The zero-order chi connectivity index (χ0) is 18.3. The molecule has 0 aliphatic carbocycles. The monoisotopic (exact) mass is 371 g/mol. The Balaban J connectivity index is 1.64. The van der Waals surface area contributed by atoms with E-state index in [-0.39, 0.29) is 17.4 Å². The molecule has 26 heavy (non-hydrogen) atoms. The van der Waals surface area contributed by atoms with E-state index in [0.29, 0.717) is 24.3 Å². The maximum absolute atomic E-state index is 12.6. The molecule has 0 saturated carbocycles. The van der Waals surface area contributed by atoms with Crippen LogP contribution in [0.4, 0.5) is 0 Å². The Morgan fingerprint density at radius 3 is 3.04 bits per heavy atom. The van der Waals surface area contributed by atoms with E-state index in [9.17, 15) is 9.59 Å². The van der Waals surface area contributed by atoms with Crippen LogP contribution in [-0.4, -0.2) is 43.5 Å². The molecule has 4 heterocycles. The summed E-state index contributed by atoms with van der Waals surface area (Å²) in [5, 5.41) is 5.01. The third-order valence-electron chi connectivity index (χ3n) is 5.09. The Morgan fingerprint density at radius 1 is 1.46 bits per heavy atom. The van der Waals surface area contributed by atoms with Gasteiger partial charge in [-0.2, -0.15) is 0 Å². The van der Waals surface area contributed by atoms with Gasteiger partial charge in [-0.15, -0.1) is 11.3 Å². The van der Waals surface area contributed by atoms with Crippen LogP contribution in [0.5, 0.6) is 0 Å². The van der Waals surface area contributed by atoms with Crippen LogP contribution < -0.4 is 5.56 Å². The number of fused-ring (bicyclic) bond motifs is 1. The number of piperidine rings is 1. The number of rotatable bonds is 3. The number of carbonyl (C=O) groups excluding carboxylic acids is 1. The Morgan fingerprint density at radius 2 is 2.31 bits per heavy atom. The van der Waals surface area contributed by atoms with Crippen LogP contribution in [0.15, 0.2) is 21.8 Å². The van der Waals surface area contributed by atoms with E-state index in [0.717, 1.165) is 36.3 Å². The standard InChI is InChI=1S/C18H21N5O2S/c1-3-13-11(2)20-16-7-14(21-23(16)17(13)24)12-5-4-6-22(8-12)18(25)15-9-26-10-19-15/h7,9-10,12,21H,3-6,8H2,1-2H3/t12-/m0/s1. The number of aromatic amines is 1. The van der Waals surface area contributed by atoms with Gasteiger partial charge in [-0.3, -0.25) is 14.7 Å². The van der Waals surface area contributed by atoms with Crippen molar-refractivity contribution in [1.29, 1.82) is 0 Å². The molecular weight excluding hydrogens is 350 g/mol. The van der Waals surface area contributed by atoms with E-state index in [2.05, 4.69) is 15.1 Å². The molecule has 136 valence electrons. The predicted octanol–water partition coefficient (Wildman–Crippen LogP) is 2.37. The van der Waals surface area contributed by atoms with Crippen LogP contribution in [0.1, 0.15) is 53.1 Å². The summed E-state index contributed by atoms with van der Waals surface area (Å²) >= 11 is 1.43. The van der Waals surface area contributed by atoms with Crippen molar-refractivity contribution < 1.29 is 4.79 Å². The van der Waals surface area contributed by atoms with Crippen LogP contribution >= 0.6 is 11.3 Å². The summed E-state index contributed by atoms with van der Waals surface area (Å²) in [4.78, 5) is 35.8. The molecule has 0 aromatic carbocycles. The molecule has 1 aliphatic heterocycles. The van der Waals surface area contributed by atoms with E-state index in [1.54, 1.807) is 10.9 Å². The average molecular weight is 371 g/mol. The van der Waals surface area contributed by atoms with E-state index in [4.69, 9.17) is 0 Å². The highest BCUT2D eigenvalue weighted by atomic mass is 32.1. The molecule has 0 radical (unpaired) electrons. The first kappa shape index (κ1) is 17.0. The molecule has 3 aromatic rings. The summed E-state index contributed by atoms with van der Waals surface area (Å²) in [7, 11) is 0. The minimum Gasteiger partial charge on any atom is -0.337 e. The van der Waals surface area contributed by atoms with Gasteiger partial charge >= 0.3 is 0 Å². The number of hydrogen-bond acceptors (Lipinski definition) is 5. The van der Waals surface area contributed by atoms with Gasteiger partial charge in [0.25, 0.3) is 11.5 Å². The van der Waals surface area contributed by atoms with Crippen molar-refractivity contribution in [1.82, 2.24) is 24.5 Å². The van der Waals surface area contributed by atoms with Gasteiger partial charge in [0.05, 0.1) is 5.51 Å². The Hall–Kier alpha value is -2.48. The molecule has 1 N–H and O–H groups in total. The van der Waals surface area contributed by atoms with Gasteiger partial charge in [0.2, 0.25) is 0 Å². The number of carbonyl (C=O) groups is 1. The second kappa shape index (κ2) is 6.68. The highest BCUT2D eigenvalue weighted by molar-refractivity contribution is 7.07. The molecule has 8 heteroatoms. The summed E-state index contributed by atoms with van der Waals surface area (Å²) in [6.07, 6.45) is 2.56. The van der Waals surface area contributed by atoms with Gasteiger partial charge in [0.1, 0.15) is 5.69 Å². The number of nitrogens with zero attached hydrogens (tertiary/aromatic N) is 4. The van der Waals surface area contributed by atoms with Gasteiger partial charge in [0, 0.05) is 47.4 Å². The Labute approximate surface area is 154 Å². The van der Waals surface area contributed by atoms with E-state index in [1.807, 2.05) is 24.8 Å². The Kier molecular flexibility index (Phi) is 4.36. The molecule has 1 amide bonds. The molecule has 4 rings (SSSR count). The van der Waals surface area contributed by atoms with Crippen LogP contribution in [0, 0.1) is 6.92 Å². The van der Waals surface area contributed by atoms with E-state index >= 15 is 0 Å². The molecular formula is C18H21N5O2S. The number of amides is 1. The number of H-pyrrole nitrogens is 1. The lowest BCUT2D eigenvalue weighted by atomic mass is 9.94. The number of aromatic nitrogens is 4. The first-order valence-corrected chi connectivity index (χ1v) is 9.81. The van der Waals surface area contributed by atoms with Crippen molar-refractivity contribution in [3.05, 3.63) is 50.0 Å². The minimum atomic E-state index is -0.0348. The molecule has 0 bridgehead atoms. The molecule has 1 saturated heterocycles. The number of nitrogens with one attached hydrogen (secondary N) is 1. The number of hydrogen-bond donors (Lipinski definition) is 1. The average Bonchev–Trinajstić information content (AvgIpc) is 3.31. The SMILES string of the molecule is CCc1c(C)nc2cc([C@H]3CCCN(C(=O)c4cscn4)C3)[nH]n2c1=O. The second-order valence-electron chi connectivity index (χ2n) is 6.70. The van der Waals surface area contributed by atoms with Crippen molar-refractivity contribution in [3.8, 4) is 0 Å². The fraction of sp³-hybridized carbons (Fsp3) is 0.444. The highest BCUT2D eigenvalue weighted by Gasteiger charge is 2.27. The number of likely N-dealkylation sites (tertiary alicyclic amines) is 1. The normalized spacial score (nSPS) is 17.8. The lowest BCUT2D eigenvalue weighted by Gasteiger charge is -2.31. The molecule has 0 unspecified atom stereocenters. The van der Waals surface area contributed by atoms with Gasteiger partial charge in [0.15, 0.2) is 5.65 Å². The third kappa shape index (κ3) is 2.84. The summed E-state index contributed by atoms with van der Waals surface area (Å²) < 4.78 is 1.53. The van der Waals surface area contributed by atoms with Crippen LogP contribution in [0.2, 0.25) is 0 Å².